The van der Waals surface area contributed by atoms with Gasteiger partial charge in [0.05, 0.1) is 6.61 Å². The van der Waals surface area contributed by atoms with Crippen molar-refractivity contribution in [2.75, 3.05) is 6.61 Å². The minimum absolute atomic E-state index is 0.00940. The van der Waals surface area contributed by atoms with E-state index in [1.165, 1.54) is 0 Å². The average molecular weight is 180 g/mol. The minimum atomic E-state index is -0.152. The summed E-state index contributed by atoms with van der Waals surface area (Å²) < 4.78 is 13.2. The number of hydrogen-bond acceptors (Lipinski definition) is 1. The van der Waals surface area contributed by atoms with Crippen LogP contribution in [0.5, 0.6) is 0 Å². The van der Waals surface area contributed by atoms with Crippen molar-refractivity contribution in [3.05, 3.63) is 40.7 Å². The van der Waals surface area contributed by atoms with Crippen LogP contribution in [-0.4, -0.2) is 11.7 Å². The van der Waals surface area contributed by atoms with Crippen molar-refractivity contribution in [1.29, 1.82) is 0 Å². The fourth-order valence-corrected chi connectivity index (χ4v) is 1.26. The summed E-state index contributed by atoms with van der Waals surface area (Å²) in [5, 5.41) is 8.56. The number of aliphatic hydroxyl groups excluding tert-OH is 1. The van der Waals surface area contributed by atoms with Gasteiger partial charge >= 0.3 is 0 Å². The van der Waals surface area contributed by atoms with Crippen LogP contribution >= 0.6 is 0 Å². The van der Waals surface area contributed by atoms with E-state index in [9.17, 15) is 4.39 Å². The molecule has 0 aromatic heterocycles. The van der Waals surface area contributed by atoms with E-state index < -0.39 is 0 Å². The zero-order chi connectivity index (χ0) is 9.84. The van der Waals surface area contributed by atoms with Gasteiger partial charge in [0.2, 0.25) is 0 Å². The second kappa shape index (κ2) is 4.19. The van der Waals surface area contributed by atoms with Crippen LogP contribution in [0.15, 0.2) is 18.2 Å². The third kappa shape index (κ3) is 2.39. The lowest BCUT2D eigenvalue weighted by Crippen LogP contribution is -1.89. The van der Waals surface area contributed by atoms with Gasteiger partial charge in [-0.15, -0.1) is 0 Å². The Balaban J connectivity index is 3.06. The smallest absolute Gasteiger partial charge is 0.129 e. The summed E-state index contributed by atoms with van der Waals surface area (Å²) in [5.74, 6) is -0.152. The Hall–Kier alpha value is -1.15. The Morgan fingerprint density at radius 3 is 2.31 bits per heavy atom. The van der Waals surface area contributed by atoms with Gasteiger partial charge in [-0.1, -0.05) is 12.2 Å². The lowest BCUT2D eigenvalue weighted by molar-refractivity contribution is 0.343. The summed E-state index contributed by atoms with van der Waals surface area (Å²) in [6.45, 7) is 3.48. The normalized spacial score (nSPS) is 11.1. The highest BCUT2D eigenvalue weighted by atomic mass is 19.1. The Morgan fingerprint density at radius 1 is 1.31 bits per heavy atom. The monoisotopic (exact) mass is 180 g/mol. The molecule has 1 N–H and O–H groups in total. The van der Waals surface area contributed by atoms with Crippen molar-refractivity contribution in [1.82, 2.24) is 0 Å². The summed E-state index contributed by atoms with van der Waals surface area (Å²) >= 11 is 0. The van der Waals surface area contributed by atoms with E-state index in [0.29, 0.717) is 11.1 Å². The molecule has 0 saturated heterocycles. The van der Waals surface area contributed by atoms with Crippen LogP contribution in [0.25, 0.3) is 6.08 Å². The van der Waals surface area contributed by atoms with Crippen LogP contribution in [-0.2, 0) is 0 Å². The molecule has 0 saturated carbocycles. The van der Waals surface area contributed by atoms with Crippen molar-refractivity contribution in [2.24, 2.45) is 0 Å². The lowest BCUT2D eigenvalue weighted by Gasteiger charge is -2.02. The number of hydrogen-bond donors (Lipinski definition) is 1. The van der Waals surface area contributed by atoms with Gasteiger partial charge in [-0.05, 0) is 42.7 Å². The van der Waals surface area contributed by atoms with Crippen molar-refractivity contribution in [2.45, 2.75) is 13.8 Å². The Morgan fingerprint density at radius 2 is 1.85 bits per heavy atom. The van der Waals surface area contributed by atoms with Crippen LogP contribution in [0, 0.1) is 19.7 Å². The van der Waals surface area contributed by atoms with E-state index in [1.54, 1.807) is 38.1 Å². The fourth-order valence-electron chi connectivity index (χ4n) is 1.26. The third-order valence-electron chi connectivity index (χ3n) is 1.87. The zero-order valence-electron chi connectivity index (χ0n) is 7.84. The van der Waals surface area contributed by atoms with E-state index >= 15 is 0 Å². The van der Waals surface area contributed by atoms with Gasteiger partial charge in [0, 0.05) is 0 Å². The molecule has 0 unspecified atom stereocenters. The molecule has 0 heterocycles. The first-order chi connectivity index (χ1) is 6.15. The summed E-state index contributed by atoms with van der Waals surface area (Å²) in [6.07, 6.45) is 3.41. The number of rotatable bonds is 2. The van der Waals surface area contributed by atoms with Crippen LogP contribution in [0.1, 0.15) is 16.7 Å². The summed E-state index contributed by atoms with van der Waals surface area (Å²) in [5.41, 5.74) is 2.20. The first-order valence-corrected chi connectivity index (χ1v) is 4.19. The maximum absolute atomic E-state index is 13.2. The maximum atomic E-state index is 13.2. The first-order valence-electron chi connectivity index (χ1n) is 4.19. The van der Waals surface area contributed by atoms with E-state index in [4.69, 9.17) is 5.11 Å². The Bertz CT molecular complexity index is 306. The highest BCUT2D eigenvalue weighted by Crippen LogP contribution is 2.15. The minimum Gasteiger partial charge on any atom is -0.392 e. The van der Waals surface area contributed by atoms with Crippen LogP contribution in [0.4, 0.5) is 4.39 Å². The average Bonchev–Trinajstić information content (AvgIpc) is 2.10. The van der Waals surface area contributed by atoms with Gasteiger partial charge in [0.15, 0.2) is 0 Å². The molecule has 0 spiro atoms. The lowest BCUT2D eigenvalue weighted by atomic mass is 10.1. The van der Waals surface area contributed by atoms with Gasteiger partial charge in [-0.3, -0.25) is 0 Å². The topological polar surface area (TPSA) is 20.2 Å². The van der Waals surface area contributed by atoms with Crippen molar-refractivity contribution < 1.29 is 9.50 Å². The van der Waals surface area contributed by atoms with Crippen molar-refractivity contribution >= 4 is 6.08 Å². The molecule has 0 atom stereocenters. The van der Waals surface area contributed by atoms with Crippen LogP contribution in [0.2, 0.25) is 0 Å². The molecule has 1 nitrogen and oxygen atoms in total. The largest absolute Gasteiger partial charge is 0.392 e. The molecule has 0 amide bonds. The summed E-state index contributed by atoms with van der Waals surface area (Å²) in [7, 11) is 0. The second-order valence-corrected chi connectivity index (χ2v) is 3.05. The number of aryl methyl sites for hydroxylation is 2. The molecule has 70 valence electrons. The van der Waals surface area contributed by atoms with Crippen LogP contribution < -0.4 is 0 Å². The van der Waals surface area contributed by atoms with Gasteiger partial charge in [0.1, 0.15) is 5.82 Å². The van der Waals surface area contributed by atoms with Gasteiger partial charge in [-0.25, -0.2) is 4.39 Å². The maximum Gasteiger partial charge on any atom is 0.129 e. The van der Waals surface area contributed by atoms with Crippen molar-refractivity contribution in [3.63, 3.8) is 0 Å². The molecule has 0 aliphatic carbocycles. The second-order valence-electron chi connectivity index (χ2n) is 3.05. The van der Waals surface area contributed by atoms with Gasteiger partial charge in [-0.2, -0.15) is 0 Å². The Kier molecular flexibility index (Phi) is 3.20. The SMILES string of the molecule is Cc1cc(C=CCO)cc(C)c1F. The number of aliphatic hydroxyl groups is 1. The standard InChI is InChI=1S/C11H13FO/c1-8-6-10(4-3-5-13)7-9(2)11(8)12/h3-4,6-7,13H,5H2,1-2H3. The van der Waals surface area contributed by atoms with Gasteiger partial charge in [0.25, 0.3) is 0 Å². The highest BCUT2D eigenvalue weighted by Gasteiger charge is 2.01. The molecular formula is C11H13FO. The van der Waals surface area contributed by atoms with E-state index in [-0.39, 0.29) is 12.4 Å². The predicted molar refractivity (Wildman–Crippen MR) is 52.0 cm³/mol. The highest BCUT2D eigenvalue weighted by molar-refractivity contribution is 5.52. The van der Waals surface area contributed by atoms with Crippen molar-refractivity contribution in [3.8, 4) is 0 Å². The van der Waals surface area contributed by atoms with Crippen LogP contribution in [0.3, 0.4) is 0 Å². The molecule has 0 aliphatic rings. The van der Waals surface area contributed by atoms with E-state index in [0.717, 1.165) is 5.56 Å². The predicted octanol–water partition coefficient (Wildman–Crippen LogP) is 2.45. The molecule has 0 radical (unpaired) electrons. The molecule has 0 fully saturated rings. The molecule has 2 heteroatoms. The molecular weight excluding hydrogens is 167 g/mol. The van der Waals surface area contributed by atoms with E-state index in [1.807, 2.05) is 0 Å². The molecule has 1 rings (SSSR count). The third-order valence-corrected chi connectivity index (χ3v) is 1.87. The number of benzene rings is 1. The fraction of sp³-hybridized carbons (Fsp3) is 0.273. The molecule has 0 bridgehead atoms. The van der Waals surface area contributed by atoms with E-state index in [2.05, 4.69) is 0 Å². The molecule has 0 aliphatic heterocycles. The molecule has 13 heavy (non-hydrogen) atoms. The summed E-state index contributed by atoms with van der Waals surface area (Å²) in [6, 6.07) is 3.52. The Labute approximate surface area is 77.5 Å². The summed E-state index contributed by atoms with van der Waals surface area (Å²) in [4.78, 5) is 0. The molecule has 1 aromatic carbocycles. The molecule has 1 aromatic rings. The zero-order valence-corrected chi connectivity index (χ0v) is 7.84. The number of halogens is 1. The first kappa shape index (κ1) is 9.93. The quantitative estimate of drug-likeness (QED) is 0.741. The van der Waals surface area contributed by atoms with Gasteiger partial charge < -0.3 is 5.11 Å².